The van der Waals surface area contributed by atoms with Crippen LogP contribution < -0.4 is 0 Å². The van der Waals surface area contributed by atoms with E-state index in [1.165, 1.54) is 19.3 Å². The first-order valence-corrected chi connectivity index (χ1v) is 11.7. The van der Waals surface area contributed by atoms with Crippen LogP contribution in [0.5, 0.6) is 0 Å². The maximum atomic E-state index is 12.5. The van der Waals surface area contributed by atoms with Gasteiger partial charge >= 0.3 is 6.09 Å². The van der Waals surface area contributed by atoms with E-state index in [2.05, 4.69) is 49.4 Å². The molecule has 0 bridgehead atoms. The smallest absolute Gasteiger partial charge is 0.434 e. The summed E-state index contributed by atoms with van der Waals surface area (Å²) in [4.78, 5) is 19.2. The van der Waals surface area contributed by atoms with Crippen molar-refractivity contribution in [2.45, 2.75) is 78.7 Å². The van der Waals surface area contributed by atoms with Gasteiger partial charge in [-0.1, -0.05) is 70.9 Å². The van der Waals surface area contributed by atoms with Crippen molar-refractivity contribution in [3.63, 3.8) is 0 Å². The summed E-state index contributed by atoms with van der Waals surface area (Å²) in [6, 6.07) is 0. The molecule has 0 radical (unpaired) electrons. The standard InChI is InChI=1S/C26H42N2O2/c1-6-10-12-15-24(21-23(9-4)22(5)14-8-3)27-26(29)30-25-16-19-28(20-17-25)18-13-11-7-2/h8-9,12,14-15,21-22,25H,4,6-7,10-11,13,16-20H2,1-3,5H3/b14-8?,15-12-,23-21-,27-24?. The number of rotatable bonds is 12. The molecule has 168 valence electrons. The molecule has 0 N–H and O–H groups in total. The second kappa shape index (κ2) is 15.8. The fourth-order valence-corrected chi connectivity index (χ4v) is 3.55. The number of hydrogen-bond acceptors (Lipinski definition) is 3. The van der Waals surface area contributed by atoms with E-state index in [1.807, 2.05) is 31.2 Å². The number of hydrogen-bond donors (Lipinski definition) is 0. The molecule has 1 fully saturated rings. The second-order valence-corrected chi connectivity index (χ2v) is 8.02. The zero-order valence-electron chi connectivity index (χ0n) is 19.6. The number of unbranched alkanes of at least 4 members (excludes halogenated alkanes) is 3. The number of carbonyl (C=O) groups is 1. The van der Waals surface area contributed by atoms with Gasteiger partial charge in [-0.2, -0.15) is 4.99 Å². The lowest BCUT2D eigenvalue weighted by Gasteiger charge is -2.31. The van der Waals surface area contributed by atoms with Crippen molar-refractivity contribution in [2.75, 3.05) is 19.6 Å². The molecule has 1 unspecified atom stereocenters. The summed E-state index contributed by atoms with van der Waals surface area (Å²) < 4.78 is 5.67. The molecule has 1 aliphatic rings. The van der Waals surface area contributed by atoms with Crippen LogP contribution in [0.3, 0.4) is 0 Å². The average molecular weight is 415 g/mol. The molecule has 30 heavy (non-hydrogen) atoms. The third-order valence-electron chi connectivity index (χ3n) is 5.40. The predicted octanol–water partition coefficient (Wildman–Crippen LogP) is 6.90. The molecule has 1 atom stereocenters. The Morgan fingerprint density at radius 1 is 1.23 bits per heavy atom. The molecule has 4 nitrogen and oxygen atoms in total. The number of allylic oxidation sites excluding steroid dienone is 7. The van der Waals surface area contributed by atoms with Crippen LogP contribution >= 0.6 is 0 Å². The number of carbonyl (C=O) groups excluding carboxylic acids is 1. The van der Waals surface area contributed by atoms with Gasteiger partial charge in [0.1, 0.15) is 6.10 Å². The summed E-state index contributed by atoms with van der Waals surface area (Å²) in [7, 11) is 0. The van der Waals surface area contributed by atoms with Gasteiger partial charge < -0.3 is 9.64 Å². The second-order valence-electron chi connectivity index (χ2n) is 8.02. The molecule has 1 rings (SSSR count). The maximum absolute atomic E-state index is 12.5. The number of aliphatic imine (C=N–C) groups is 1. The summed E-state index contributed by atoms with van der Waals surface area (Å²) >= 11 is 0. The first kappa shape index (κ1) is 26.1. The first-order valence-electron chi connectivity index (χ1n) is 11.7. The van der Waals surface area contributed by atoms with E-state index in [0.29, 0.717) is 5.71 Å². The van der Waals surface area contributed by atoms with Crippen LogP contribution in [0.25, 0.3) is 0 Å². The Labute approximate surface area is 184 Å². The van der Waals surface area contributed by atoms with Crippen LogP contribution in [0.2, 0.25) is 0 Å². The SMILES string of the molecule is C=C/C(=C/C(/C=C\CCC)=NC(=O)OC1CCN(CCCCC)CC1)C(C)C=CC. The van der Waals surface area contributed by atoms with E-state index in [-0.39, 0.29) is 12.0 Å². The van der Waals surface area contributed by atoms with Gasteiger partial charge in [-0.3, -0.25) is 0 Å². The highest BCUT2D eigenvalue weighted by molar-refractivity contribution is 6.09. The Morgan fingerprint density at radius 3 is 2.57 bits per heavy atom. The zero-order chi connectivity index (χ0) is 22.2. The van der Waals surface area contributed by atoms with E-state index < -0.39 is 6.09 Å². The van der Waals surface area contributed by atoms with E-state index in [0.717, 1.165) is 50.9 Å². The summed E-state index contributed by atoms with van der Waals surface area (Å²) in [6.45, 7) is 15.5. The minimum absolute atomic E-state index is 0.0330. The maximum Gasteiger partial charge on any atom is 0.434 e. The fourth-order valence-electron chi connectivity index (χ4n) is 3.55. The number of ether oxygens (including phenoxy) is 1. The first-order chi connectivity index (χ1) is 14.5. The summed E-state index contributed by atoms with van der Waals surface area (Å²) in [6.07, 6.45) is 18.9. The summed E-state index contributed by atoms with van der Waals surface area (Å²) in [5.41, 5.74) is 1.65. The molecule has 1 aliphatic heterocycles. The van der Waals surface area contributed by atoms with Crippen LogP contribution in [-0.4, -0.2) is 42.4 Å². The third-order valence-corrected chi connectivity index (χ3v) is 5.40. The predicted molar refractivity (Wildman–Crippen MR) is 129 cm³/mol. The highest BCUT2D eigenvalue weighted by atomic mass is 16.6. The lowest BCUT2D eigenvalue weighted by Crippen LogP contribution is -2.38. The van der Waals surface area contributed by atoms with Gasteiger partial charge in [0.15, 0.2) is 0 Å². The topological polar surface area (TPSA) is 41.9 Å². The molecule has 0 saturated carbocycles. The number of likely N-dealkylation sites (tertiary alicyclic amines) is 1. The monoisotopic (exact) mass is 414 g/mol. The molecule has 0 aliphatic carbocycles. The molecule has 1 saturated heterocycles. The normalized spacial score (nSPS) is 18.3. The van der Waals surface area contributed by atoms with Crippen LogP contribution in [0, 0.1) is 5.92 Å². The zero-order valence-corrected chi connectivity index (χ0v) is 19.6. The Bertz CT molecular complexity index is 623. The van der Waals surface area contributed by atoms with E-state index in [4.69, 9.17) is 4.74 Å². The molecule has 1 heterocycles. The van der Waals surface area contributed by atoms with Gasteiger partial charge in [-0.15, -0.1) is 0 Å². The highest BCUT2D eigenvalue weighted by Crippen LogP contribution is 2.17. The lowest BCUT2D eigenvalue weighted by molar-refractivity contribution is 0.0562. The minimum atomic E-state index is -0.492. The van der Waals surface area contributed by atoms with Gasteiger partial charge in [-0.25, -0.2) is 4.79 Å². The van der Waals surface area contributed by atoms with Crippen molar-refractivity contribution in [2.24, 2.45) is 10.9 Å². The molecule has 0 spiro atoms. The third kappa shape index (κ3) is 10.7. The van der Waals surface area contributed by atoms with Crippen LogP contribution in [0.15, 0.2) is 53.6 Å². The largest absolute Gasteiger partial charge is 0.445 e. The minimum Gasteiger partial charge on any atom is -0.445 e. The van der Waals surface area contributed by atoms with Crippen molar-refractivity contribution in [1.29, 1.82) is 0 Å². The molecular formula is C26H42N2O2. The average Bonchev–Trinajstić information content (AvgIpc) is 2.73. The number of piperidine rings is 1. The van der Waals surface area contributed by atoms with Crippen molar-refractivity contribution < 1.29 is 9.53 Å². The fraction of sp³-hybridized carbons (Fsp3) is 0.615. The van der Waals surface area contributed by atoms with E-state index in [1.54, 1.807) is 0 Å². The van der Waals surface area contributed by atoms with Crippen LogP contribution in [-0.2, 0) is 4.74 Å². The van der Waals surface area contributed by atoms with Gasteiger partial charge in [0.25, 0.3) is 0 Å². The summed E-state index contributed by atoms with van der Waals surface area (Å²) in [5.74, 6) is 0.213. The lowest BCUT2D eigenvalue weighted by atomic mass is 9.99. The quantitative estimate of drug-likeness (QED) is 0.151. The van der Waals surface area contributed by atoms with E-state index >= 15 is 0 Å². The number of amides is 1. The van der Waals surface area contributed by atoms with Crippen LogP contribution in [0.1, 0.15) is 72.6 Å². The van der Waals surface area contributed by atoms with Gasteiger partial charge in [0.2, 0.25) is 0 Å². The molecule has 0 aromatic carbocycles. The van der Waals surface area contributed by atoms with Gasteiger partial charge in [0.05, 0.1) is 5.71 Å². The molecule has 4 heteroatoms. The molecule has 1 amide bonds. The molecular weight excluding hydrogens is 372 g/mol. The molecule has 0 aromatic heterocycles. The van der Waals surface area contributed by atoms with Crippen molar-refractivity contribution >= 4 is 11.8 Å². The Balaban J connectivity index is 2.75. The van der Waals surface area contributed by atoms with Crippen LogP contribution in [0.4, 0.5) is 4.79 Å². The molecule has 0 aromatic rings. The highest BCUT2D eigenvalue weighted by Gasteiger charge is 2.21. The van der Waals surface area contributed by atoms with Crippen molar-refractivity contribution in [3.05, 3.63) is 48.6 Å². The Morgan fingerprint density at radius 2 is 1.97 bits per heavy atom. The summed E-state index contributed by atoms with van der Waals surface area (Å²) in [5, 5.41) is 0. The Hall–Kier alpha value is -1.94. The Kier molecular flexibility index (Phi) is 13.8. The van der Waals surface area contributed by atoms with Gasteiger partial charge in [0, 0.05) is 13.1 Å². The van der Waals surface area contributed by atoms with E-state index in [9.17, 15) is 4.79 Å². The van der Waals surface area contributed by atoms with Gasteiger partial charge in [-0.05, 0) is 62.8 Å². The van der Waals surface area contributed by atoms with Crippen molar-refractivity contribution in [3.8, 4) is 0 Å². The van der Waals surface area contributed by atoms with Crippen molar-refractivity contribution in [1.82, 2.24) is 4.90 Å². The number of nitrogens with zero attached hydrogens (tertiary/aromatic N) is 2.